The standard InChI is InChI=1S/C25H25N5O2S/c1-32-20-9-7-19(8-10-20)28-13-15-29(16-14-28)24(31)23(18-5-3-2-4-6-18)30-12-11-22-21(25(30)33)17-26-27-22/h2-12,17,23H,13-16H2,1H3,(H,26,27). The summed E-state index contributed by atoms with van der Waals surface area (Å²) in [7, 11) is 1.67. The molecule has 1 saturated heterocycles. The Morgan fingerprint density at radius 2 is 1.76 bits per heavy atom. The predicted octanol–water partition coefficient (Wildman–Crippen LogP) is 4.04. The van der Waals surface area contributed by atoms with Crippen molar-refractivity contribution in [3.8, 4) is 5.75 Å². The van der Waals surface area contributed by atoms with Crippen LogP contribution < -0.4 is 9.64 Å². The third-order valence-electron chi connectivity index (χ3n) is 6.19. The molecule has 4 aromatic rings. The van der Waals surface area contributed by atoms with E-state index in [0.29, 0.717) is 17.7 Å². The zero-order valence-corrected chi connectivity index (χ0v) is 19.2. The summed E-state index contributed by atoms with van der Waals surface area (Å²) in [6.45, 7) is 2.84. The van der Waals surface area contributed by atoms with E-state index in [1.165, 1.54) is 0 Å². The number of ether oxygens (including phenoxy) is 1. The lowest BCUT2D eigenvalue weighted by molar-refractivity contribution is -0.133. The second-order valence-corrected chi connectivity index (χ2v) is 8.44. The number of rotatable bonds is 5. The molecule has 2 aromatic carbocycles. The fraction of sp³-hybridized carbons (Fsp3) is 0.240. The highest BCUT2D eigenvalue weighted by Crippen LogP contribution is 2.26. The number of nitrogens with zero attached hydrogens (tertiary/aromatic N) is 4. The average molecular weight is 460 g/mol. The first kappa shape index (κ1) is 21.2. The van der Waals surface area contributed by atoms with Crippen LogP contribution >= 0.6 is 12.2 Å². The minimum Gasteiger partial charge on any atom is -0.497 e. The van der Waals surface area contributed by atoms with Gasteiger partial charge in [-0.15, -0.1) is 0 Å². The SMILES string of the molecule is COc1ccc(N2CCN(C(=O)C(c3ccccc3)n3ccc4[nH]ncc4c3=S)CC2)cc1. The number of carbonyl (C=O) groups excluding carboxylic acids is 1. The highest BCUT2D eigenvalue weighted by Gasteiger charge is 2.30. The second-order valence-electron chi connectivity index (χ2n) is 8.05. The van der Waals surface area contributed by atoms with Gasteiger partial charge in [0.25, 0.3) is 0 Å². The first-order chi connectivity index (χ1) is 16.2. The van der Waals surface area contributed by atoms with Crippen molar-refractivity contribution < 1.29 is 9.53 Å². The molecule has 0 saturated carbocycles. The van der Waals surface area contributed by atoms with E-state index in [-0.39, 0.29) is 5.91 Å². The van der Waals surface area contributed by atoms with Crippen molar-refractivity contribution in [1.82, 2.24) is 19.7 Å². The molecule has 5 rings (SSSR count). The molecule has 2 aromatic heterocycles. The molecule has 33 heavy (non-hydrogen) atoms. The number of nitrogens with one attached hydrogen (secondary N) is 1. The molecule has 1 unspecified atom stereocenters. The molecule has 1 atom stereocenters. The Hall–Kier alpha value is -3.65. The van der Waals surface area contributed by atoms with Crippen molar-refractivity contribution in [3.63, 3.8) is 0 Å². The summed E-state index contributed by atoms with van der Waals surface area (Å²) in [6.07, 6.45) is 3.60. The quantitative estimate of drug-likeness (QED) is 0.456. The molecule has 1 aliphatic rings. The maximum atomic E-state index is 13.9. The van der Waals surface area contributed by atoms with Crippen LogP contribution in [0.4, 0.5) is 5.69 Å². The van der Waals surface area contributed by atoms with Crippen LogP contribution in [0.15, 0.2) is 73.1 Å². The molecule has 1 amide bonds. The van der Waals surface area contributed by atoms with Crippen LogP contribution in [0.2, 0.25) is 0 Å². The number of carbonyl (C=O) groups is 1. The Labute approximate surface area is 197 Å². The van der Waals surface area contributed by atoms with E-state index >= 15 is 0 Å². The van der Waals surface area contributed by atoms with Gasteiger partial charge in [-0.1, -0.05) is 42.5 Å². The van der Waals surface area contributed by atoms with Gasteiger partial charge in [0.05, 0.1) is 24.2 Å². The van der Waals surface area contributed by atoms with Crippen molar-refractivity contribution in [3.05, 3.63) is 83.3 Å². The normalized spacial score (nSPS) is 14.9. The molecule has 7 nitrogen and oxygen atoms in total. The van der Waals surface area contributed by atoms with Crippen LogP contribution in [0.5, 0.6) is 5.75 Å². The molecule has 3 heterocycles. The molecule has 1 N–H and O–H groups in total. The molecule has 0 spiro atoms. The summed E-state index contributed by atoms with van der Waals surface area (Å²) < 4.78 is 7.75. The summed E-state index contributed by atoms with van der Waals surface area (Å²) in [5, 5.41) is 7.89. The number of anilines is 1. The van der Waals surface area contributed by atoms with Crippen molar-refractivity contribution >= 4 is 34.7 Å². The third-order valence-corrected chi connectivity index (χ3v) is 6.62. The predicted molar refractivity (Wildman–Crippen MR) is 131 cm³/mol. The number of amides is 1. The monoisotopic (exact) mass is 459 g/mol. The molecule has 1 aliphatic heterocycles. The van der Waals surface area contributed by atoms with Gasteiger partial charge in [0.1, 0.15) is 16.4 Å². The molecular weight excluding hydrogens is 434 g/mol. The van der Waals surface area contributed by atoms with Gasteiger partial charge in [-0.05, 0) is 35.9 Å². The molecule has 168 valence electrons. The third kappa shape index (κ3) is 4.09. The number of hydrogen-bond acceptors (Lipinski definition) is 5. The van der Waals surface area contributed by atoms with Gasteiger partial charge < -0.3 is 19.1 Å². The van der Waals surface area contributed by atoms with Crippen LogP contribution in [-0.4, -0.2) is 58.9 Å². The number of benzene rings is 2. The van der Waals surface area contributed by atoms with Gasteiger partial charge in [0.15, 0.2) is 0 Å². The van der Waals surface area contributed by atoms with Gasteiger partial charge in [-0.2, -0.15) is 5.10 Å². The first-order valence-electron chi connectivity index (χ1n) is 10.9. The Morgan fingerprint density at radius 3 is 2.45 bits per heavy atom. The van der Waals surface area contributed by atoms with E-state index in [0.717, 1.165) is 41.0 Å². The van der Waals surface area contributed by atoms with E-state index in [2.05, 4.69) is 27.2 Å². The Morgan fingerprint density at radius 1 is 1.03 bits per heavy atom. The Kier molecular flexibility index (Phi) is 5.83. The van der Waals surface area contributed by atoms with Crippen molar-refractivity contribution in [2.45, 2.75) is 6.04 Å². The minimum atomic E-state index is -0.523. The number of methoxy groups -OCH3 is 1. The number of aromatic amines is 1. The summed E-state index contributed by atoms with van der Waals surface area (Å²) in [6, 6.07) is 19.3. The minimum absolute atomic E-state index is 0.0505. The van der Waals surface area contributed by atoms with Gasteiger partial charge in [-0.25, -0.2) is 0 Å². The van der Waals surface area contributed by atoms with Crippen LogP contribution in [0, 0.1) is 4.64 Å². The first-order valence-corrected chi connectivity index (χ1v) is 11.3. The fourth-order valence-electron chi connectivity index (χ4n) is 4.37. The van der Waals surface area contributed by atoms with Crippen molar-refractivity contribution in [1.29, 1.82) is 0 Å². The van der Waals surface area contributed by atoms with Crippen LogP contribution in [0.1, 0.15) is 11.6 Å². The second kappa shape index (κ2) is 9.07. The number of pyridine rings is 1. The summed E-state index contributed by atoms with van der Waals surface area (Å²) in [5.74, 6) is 0.888. The van der Waals surface area contributed by atoms with Gasteiger partial charge in [0, 0.05) is 38.1 Å². The number of H-pyrrole nitrogens is 1. The highest BCUT2D eigenvalue weighted by atomic mass is 32.1. The van der Waals surface area contributed by atoms with Gasteiger partial charge in [0.2, 0.25) is 5.91 Å². The molecule has 0 radical (unpaired) electrons. The largest absolute Gasteiger partial charge is 0.497 e. The van der Waals surface area contributed by atoms with E-state index in [1.807, 2.05) is 64.2 Å². The summed E-state index contributed by atoms with van der Waals surface area (Å²) >= 11 is 5.76. The zero-order valence-electron chi connectivity index (χ0n) is 18.3. The molecular formula is C25H25N5O2S. The van der Waals surface area contributed by atoms with Crippen molar-refractivity contribution in [2.24, 2.45) is 0 Å². The zero-order chi connectivity index (χ0) is 22.8. The summed E-state index contributed by atoms with van der Waals surface area (Å²) in [5.41, 5.74) is 2.91. The fourth-order valence-corrected chi connectivity index (χ4v) is 4.70. The maximum Gasteiger partial charge on any atom is 0.250 e. The lowest BCUT2D eigenvalue weighted by Gasteiger charge is -2.38. The van der Waals surface area contributed by atoms with Crippen LogP contribution in [0.3, 0.4) is 0 Å². The van der Waals surface area contributed by atoms with Gasteiger partial charge in [-0.3, -0.25) is 9.89 Å². The van der Waals surface area contributed by atoms with E-state index in [9.17, 15) is 4.79 Å². The number of hydrogen-bond donors (Lipinski definition) is 1. The molecule has 0 aliphatic carbocycles. The van der Waals surface area contributed by atoms with Gasteiger partial charge >= 0.3 is 0 Å². The molecule has 0 bridgehead atoms. The van der Waals surface area contributed by atoms with E-state index in [1.54, 1.807) is 13.3 Å². The lowest BCUT2D eigenvalue weighted by atomic mass is 10.0. The highest BCUT2D eigenvalue weighted by molar-refractivity contribution is 7.71. The van der Waals surface area contributed by atoms with Crippen molar-refractivity contribution in [2.75, 3.05) is 38.2 Å². The Balaban J connectivity index is 1.41. The lowest BCUT2D eigenvalue weighted by Crippen LogP contribution is -2.50. The number of fused-ring (bicyclic) bond motifs is 1. The number of piperazine rings is 1. The topological polar surface area (TPSA) is 66.4 Å². The maximum absolute atomic E-state index is 13.9. The van der Waals surface area contributed by atoms with Crippen LogP contribution in [-0.2, 0) is 4.79 Å². The molecule has 8 heteroatoms. The molecule has 1 fully saturated rings. The smallest absolute Gasteiger partial charge is 0.250 e. The van der Waals surface area contributed by atoms with E-state index < -0.39 is 6.04 Å². The van der Waals surface area contributed by atoms with Crippen LogP contribution in [0.25, 0.3) is 10.9 Å². The number of aromatic nitrogens is 3. The Bertz CT molecular complexity index is 1310. The van der Waals surface area contributed by atoms with E-state index in [4.69, 9.17) is 17.0 Å². The summed E-state index contributed by atoms with van der Waals surface area (Å²) in [4.78, 5) is 18.1. The average Bonchev–Trinajstić information content (AvgIpc) is 3.36.